The van der Waals surface area contributed by atoms with Crippen molar-refractivity contribution in [1.29, 1.82) is 0 Å². The lowest BCUT2D eigenvalue weighted by Gasteiger charge is -2.38. The predicted molar refractivity (Wildman–Crippen MR) is 206 cm³/mol. The van der Waals surface area contributed by atoms with E-state index >= 15 is 0 Å². The molecule has 288 valence electrons. The Kier molecular flexibility index (Phi) is 17.4. The Hall–Kier alpha value is -3.61. The molecule has 1 aromatic heterocycles. The van der Waals surface area contributed by atoms with Gasteiger partial charge in [-0.3, -0.25) is 24.1 Å². The predicted octanol–water partition coefficient (Wildman–Crippen LogP) is 5.82. The van der Waals surface area contributed by atoms with Gasteiger partial charge in [0.05, 0.1) is 12.0 Å². The van der Waals surface area contributed by atoms with E-state index in [0.717, 1.165) is 37.8 Å². The number of methoxy groups -OCH3 is 1. The molecule has 52 heavy (non-hydrogen) atoms. The maximum Gasteiger partial charge on any atom is 0.309 e. The highest BCUT2D eigenvalue weighted by Gasteiger charge is 2.37. The molecule has 0 bridgehead atoms. The SMILES string of the molecule is C=CCOC(=O)[C@@H](C)C[C@H](Cc1ccccc1)NC(=O)c1csc([C@@H](C[C@H](C(C)C)N(C)C(=O)[C@@H](NC(=O)[C@H]2CCCCN2C)[C@@H](C)CC)OC)n1. The first-order valence-electron chi connectivity index (χ1n) is 18.7. The zero-order chi connectivity index (χ0) is 38.4. The Morgan fingerprint density at radius 2 is 1.81 bits per heavy atom. The third-order valence-electron chi connectivity index (χ3n) is 10.3. The third kappa shape index (κ3) is 12.2. The van der Waals surface area contributed by atoms with Crippen LogP contribution in [0, 0.1) is 17.8 Å². The molecule has 1 aromatic carbocycles. The number of likely N-dealkylation sites (N-methyl/N-ethyl adjacent to an activating group) is 2. The number of ether oxygens (including phenoxy) is 2. The number of carbonyl (C=O) groups excluding carboxylic acids is 4. The molecule has 0 spiro atoms. The quantitative estimate of drug-likeness (QED) is 0.129. The van der Waals surface area contributed by atoms with E-state index in [4.69, 9.17) is 14.5 Å². The molecule has 1 aliphatic rings. The Bertz CT molecular complexity index is 1450. The summed E-state index contributed by atoms with van der Waals surface area (Å²) < 4.78 is 11.2. The van der Waals surface area contributed by atoms with E-state index in [1.807, 2.05) is 51.2 Å². The normalized spacial score (nSPS) is 18.4. The molecule has 0 radical (unpaired) electrons. The number of esters is 1. The summed E-state index contributed by atoms with van der Waals surface area (Å²) in [4.78, 5) is 62.2. The number of nitrogens with zero attached hydrogens (tertiary/aromatic N) is 3. The van der Waals surface area contributed by atoms with Gasteiger partial charge in [-0.2, -0.15) is 0 Å². The van der Waals surface area contributed by atoms with Gasteiger partial charge < -0.3 is 25.0 Å². The largest absolute Gasteiger partial charge is 0.461 e. The Labute approximate surface area is 314 Å². The molecule has 11 nitrogen and oxygen atoms in total. The fourth-order valence-electron chi connectivity index (χ4n) is 6.81. The fourth-order valence-corrected chi connectivity index (χ4v) is 7.70. The first-order valence-corrected chi connectivity index (χ1v) is 19.6. The molecule has 2 heterocycles. The number of amides is 3. The van der Waals surface area contributed by atoms with E-state index in [9.17, 15) is 19.2 Å². The number of aromatic nitrogens is 1. The molecule has 3 amide bonds. The average Bonchev–Trinajstić information content (AvgIpc) is 3.63. The highest BCUT2D eigenvalue weighted by atomic mass is 32.1. The zero-order valence-corrected chi connectivity index (χ0v) is 33.2. The monoisotopic (exact) mass is 739 g/mol. The average molecular weight is 740 g/mol. The minimum atomic E-state index is -0.648. The minimum absolute atomic E-state index is 0.0506. The Morgan fingerprint density at radius 1 is 1.10 bits per heavy atom. The highest BCUT2D eigenvalue weighted by molar-refractivity contribution is 7.09. The van der Waals surface area contributed by atoms with Crippen LogP contribution in [-0.2, 0) is 30.3 Å². The Morgan fingerprint density at radius 3 is 2.42 bits per heavy atom. The van der Waals surface area contributed by atoms with Gasteiger partial charge in [0.1, 0.15) is 29.5 Å². The van der Waals surface area contributed by atoms with Gasteiger partial charge in [0, 0.05) is 38.0 Å². The van der Waals surface area contributed by atoms with E-state index in [-0.39, 0.29) is 66.0 Å². The van der Waals surface area contributed by atoms with E-state index in [1.54, 1.807) is 31.4 Å². The summed E-state index contributed by atoms with van der Waals surface area (Å²) in [6, 6.07) is 8.36. The number of carbonyl (C=O) groups is 4. The first-order chi connectivity index (χ1) is 24.8. The number of rotatable bonds is 20. The minimum Gasteiger partial charge on any atom is -0.461 e. The smallest absolute Gasteiger partial charge is 0.309 e. The molecule has 0 saturated carbocycles. The molecule has 0 aliphatic carbocycles. The van der Waals surface area contributed by atoms with Crippen molar-refractivity contribution in [2.45, 2.75) is 110 Å². The molecule has 1 aliphatic heterocycles. The lowest BCUT2D eigenvalue weighted by atomic mass is 9.92. The van der Waals surface area contributed by atoms with Crippen LogP contribution in [-0.4, -0.2) is 97.0 Å². The molecule has 12 heteroatoms. The summed E-state index contributed by atoms with van der Waals surface area (Å²) in [6.07, 6.45) is 6.04. The lowest BCUT2D eigenvalue weighted by Crippen LogP contribution is -2.58. The number of hydrogen-bond donors (Lipinski definition) is 2. The molecular formula is C40H61N5O6S. The van der Waals surface area contributed by atoms with E-state index in [0.29, 0.717) is 24.3 Å². The fraction of sp³-hybridized carbons (Fsp3) is 0.625. The van der Waals surface area contributed by atoms with Gasteiger partial charge in [-0.1, -0.05) is 90.4 Å². The number of hydrogen-bond acceptors (Lipinski definition) is 9. The van der Waals surface area contributed by atoms with Crippen molar-refractivity contribution in [2.24, 2.45) is 17.8 Å². The molecule has 1 saturated heterocycles. The van der Waals surface area contributed by atoms with Crippen molar-refractivity contribution < 1.29 is 28.7 Å². The van der Waals surface area contributed by atoms with Crippen molar-refractivity contribution in [1.82, 2.24) is 25.4 Å². The summed E-state index contributed by atoms with van der Waals surface area (Å²) in [6.45, 7) is 14.6. The highest BCUT2D eigenvalue weighted by Crippen LogP contribution is 2.30. The molecular weight excluding hydrogens is 679 g/mol. The summed E-state index contributed by atoms with van der Waals surface area (Å²) in [5, 5.41) is 8.58. The van der Waals surface area contributed by atoms with Gasteiger partial charge in [-0.15, -0.1) is 11.3 Å². The molecule has 1 fully saturated rings. The Balaban J connectivity index is 1.75. The van der Waals surface area contributed by atoms with Crippen LogP contribution in [0.4, 0.5) is 0 Å². The van der Waals surface area contributed by atoms with Gasteiger partial charge >= 0.3 is 5.97 Å². The van der Waals surface area contributed by atoms with Crippen LogP contribution in [0.2, 0.25) is 0 Å². The number of piperidine rings is 1. The maximum absolute atomic E-state index is 14.2. The second-order valence-electron chi connectivity index (χ2n) is 14.6. The van der Waals surface area contributed by atoms with Gasteiger partial charge in [-0.05, 0) is 56.7 Å². The number of thiazole rings is 1. The van der Waals surface area contributed by atoms with Crippen molar-refractivity contribution in [3.63, 3.8) is 0 Å². The van der Waals surface area contributed by atoms with Crippen LogP contribution in [0.1, 0.15) is 100 Å². The summed E-state index contributed by atoms with van der Waals surface area (Å²) in [5.74, 6) is -1.31. The van der Waals surface area contributed by atoms with Crippen molar-refractivity contribution in [3.8, 4) is 0 Å². The summed E-state index contributed by atoms with van der Waals surface area (Å²) >= 11 is 1.34. The third-order valence-corrected chi connectivity index (χ3v) is 11.2. The first kappa shape index (κ1) is 42.8. The van der Waals surface area contributed by atoms with Crippen LogP contribution in [0.5, 0.6) is 0 Å². The van der Waals surface area contributed by atoms with Gasteiger partial charge in [-0.25, -0.2) is 4.98 Å². The summed E-state index contributed by atoms with van der Waals surface area (Å²) in [5.41, 5.74) is 1.30. The van der Waals surface area contributed by atoms with Crippen LogP contribution in [0.15, 0.2) is 48.4 Å². The van der Waals surface area contributed by atoms with Gasteiger partial charge in [0.15, 0.2) is 0 Å². The van der Waals surface area contributed by atoms with Gasteiger partial charge in [0.2, 0.25) is 11.8 Å². The number of benzene rings is 1. The van der Waals surface area contributed by atoms with Crippen LogP contribution in [0.25, 0.3) is 0 Å². The maximum atomic E-state index is 14.2. The zero-order valence-electron chi connectivity index (χ0n) is 32.4. The van der Waals surface area contributed by atoms with Gasteiger partial charge in [0.25, 0.3) is 5.91 Å². The van der Waals surface area contributed by atoms with Crippen LogP contribution < -0.4 is 10.6 Å². The van der Waals surface area contributed by atoms with Crippen LogP contribution in [0.3, 0.4) is 0 Å². The topological polar surface area (TPSA) is 130 Å². The molecule has 0 unspecified atom stereocenters. The molecule has 7 atom stereocenters. The number of nitrogens with one attached hydrogen (secondary N) is 2. The second kappa shape index (κ2) is 21.2. The lowest BCUT2D eigenvalue weighted by molar-refractivity contribution is -0.147. The molecule has 3 rings (SSSR count). The van der Waals surface area contributed by atoms with E-state index in [2.05, 4.69) is 36.0 Å². The molecule has 2 N–H and O–H groups in total. The van der Waals surface area contributed by atoms with Crippen LogP contribution >= 0.6 is 11.3 Å². The molecule has 2 aromatic rings. The second-order valence-corrected chi connectivity index (χ2v) is 15.5. The summed E-state index contributed by atoms with van der Waals surface area (Å²) in [7, 11) is 5.38. The van der Waals surface area contributed by atoms with E-state index in [1.165, 1.54) is 17.4 Å². The van der Waals surface area contributed by atoms with E-state index < -0.39 is 18.1 Å². The van der Waals surface area contributed by atoms with Crippen molar-refractivity contribution >= 4 is 35.0 Å². The standard InChI is InChI=1S/C40H61N5O6S/c1-10-21-51-40(49)28(6)22-30(23-29-17-13-12-14-18-29)41-36(46)31-25-52-38(42-31)34(50-9)24-33(26(3)4)45(8)39(48)35(27(5)11-2)43-37(47)32-19-15-16-20-44(32)7/h10,12-14,17-18,25-28,30,32-35H,1,11,15-16,19-24H2,2-9H3,(H,41,46)(H,43,47)/t27-,28-,30+,32+,33+,34+,35-/m0/s1. The van der Waals surface area contributed by atoms with Crippen molar-refractivity contribution in [2.75, 3.05) is 34.4 Å². The number of likely N-dealkylation sites (tertiary alicyclic amines) is 1. The van der Waals surface area contributed by atoms with Crippen molar-refractivity contribution in [3.05, 3.63) is 64.6 Å².